The summed E-state index contributed by atoms with van der Waals surface area (Å²) in [5, 5.41) is 3.32. The average Bonchev–Trinajstić information content (AvgIpc) is 3.15. The maximum absolute atomic E-state index is 12.8. The number of nitrogens with zero attached hydrogens (tertiary/aromatic N) is 2. The number of aryl methyl sites for hydroxylation is 1. The molecule has 2 aromatic rings. The number of carbonyl (C=O) groups is 1. The van der Waals surface area contributed by atoms with Gasteiger partial charge in [0.15, 0.2) is 0 Å². The Hall–Kier alpha value is -1.78. The summed E-state index contributed by atoms with van der Waals surface area (Å²) in [6, 6.07) is 12.5. The molecule has 0 saturated carbocycles. The van der Waals surface area contributed by atoms with Crippen molar-refractivity contribution in [2.45, 2.75) is 26.3 Å². The SMILES string of the molecule is Cc1cc(C(=O)N(C)C2CCNC2)c(C)n1-c1ccccc1.Cl. The Morgan fingerprint density at radius 1 is 1.26 bits per heavy atom. The minimum absolute atomic E-state index is 0. The zero-order valence-electron chi connectivity index (χ0n) is 13.9. The first-order valence-electron chi connectivity index (χ1n) is 7.82. The van der Waals surface area contributed by atoms with Gasteiger partial charge >= 0.3 is 0 Å². The van der Waals surface area contributed by atoms with Crippen LogP contribution in [-0.2, 0) is 0 Å². The molecule has 5 heteroatoms. The maximum atomic E-state index is 12.8. The number of amides is 1. The molecule has 3 rings (SSSR count). The number of hydrogen-bond donors (Lipinski definition) is 1. The summed E-state index contributed by atoms with van der Waals surface area (Å²) in [6.07, 6.45) is 1.03. The van der Waals surface area contributed by atoms with Crippen LogP contribution in [0.1, 0.15) is 28.2 Å². The Labute approximate surface area is 143 Å². The second-order valence-corrected chi connectivity index (χ2v) is 6.02. The van der Waals surface area contributed by atoms with Gasteiger partial charge in [-0.15, -0.1) is 12.4 Å². The number of rotatable bonds is 3. The number of carbonyl (C=O) groups excluding carboxylic acids is 1. The standard InChI is InChI=1S/C18H23N3O.ClH/c1-13-11-17(18(22)20(3)16-9-10-19-12-16)14(2)21(13)15-7-5-4-6-8-15;/h4-8,11,16,19H,9-10,12H2,1-3H3;1H. The highest BCUT2D eigenvalue weighted by atomic mass is 35.5. The van der Waals surface area contributed by atoms with Crippen molar-refractivity contribution in [1.82, 2.24) is 14.8 Å². The molecule has 0 radical (unpaired) electrons. The van der Waals surface area contributed by atoms with Crippen molar-refractivity contribution in [3.63, 3.8) is 0 Å². The minimum Gasteiger partial charge on any atom is -0.337 e. The van der Waals surface area contributed by atoms with Gasteiger partial charge in [0.2, 0.25) is 0 Å². The molecule has 2 heterocycles. The van der Waals surface area contributed by atoms with Gasteiger partial charge in [-0.3, -0.25) is 4.79 Å². The normalized spacial score (nSPS) is 16.9. The third-order valence-corrected chi connectivity index (χ3v) is 4.58. The fraction of sp³-hybridized carbons (Fsp3) is 0.389. The molecule has 0 bridgehead atoms. The Kier molecular flexibility index (Phi) is 5.50. The average molecular weight is 334 g/mol. The zero-order valence-corrected chi connectivity index (χ0v) is 14.7. The lowest BCUT2D eigenvalue weighted by Crippen LogP contribution is -2.38. The molecule has 124 valence electrons. The van der Waals surface area contributed by atoms with Gasteiger partial charge in [0.25, 0.3) is 5.91 Å². The van der Waals surface area contributed by atoms with E-state index in [9.17, 15) is 4.79 Å². The molecule has 1 unspecified atom stereocenters. The lowest BCUT2D eigenvalue weighted by atomic mass is 10.1. The molecule has 0 aliphatic carbocycles. The Morgan fingerprint density at radius 2 is 1.96 bits per heavy atom. The number of hydrogen-bond acceptors (Lipinski definition) is 2. The van der Waals surface area contributed by atoms with E-state index >= 15 is 0 Å². The quantitative estimate of drug-likeness (QED) is 0.937. The van der Waals surface area contributed by atoms with Crippen LogP contribution < -0.4 is 5.32 Å². The number of nitrogens with one attached hydrogen (secondary N) is 1. The fourth-order valence-corrected chi connectivity index (χ4v) is 3.28. The van der Waals surface area contributed by atoms with Crippen LogP contribution in [-0.4, -0.2) is 41.6 Å². The molecular weight excluding hydrogens is 310 g/mol. The van der Waals surface area contributed by atoms with Gasteiger partial charge in [-0.05, 0) is 45.0 Å². The van der Waals surface area contributed by atoms with E-state index in [-0.39, 0.29) is 18.3 Å². The molecule has 1 atom stereocenters. The monoisotopic (exact) mass is 333 g/mol. The number of likely N-dealkylation sites (N-methyl/N-ethyl adjacent to an activating group) is 1. The molecular formula is C18H24ClN3O. The Bertz CT molecular complexity index is 675. The first kappa shape index (κ1) is 17.6. The van der Waals surface area contributed by atoms with Gasteiger partial charge in [0, 0.05) is 36.7 Å². The van der Waals surface area contributed by atoms with E-state index in [1.165, 1.54) is 0 Å². The zero-order chi connectivity index (χ0) is 15.7. The van der Waals surface area contributed by atoms with E-state index in [2.05, 4.69) is 22.0 Å². The van der Waals surface area contributed by atoms with Crippen LogP contribution in [0.5, 0.6) is 0 Å². The number of para-hydroxylation sites is 1. The lowest BCUT2D eigenvalue weighted by Gasteiger charge is -2.23. The number of benzene rings is 1. The Morgan fingerprint density at radius 3 is 2.57 bits per heavy atom. The maximum Gasteiger partial charge on any atom is 0.255 e. The third-order valence-electron chi connectivity index (χ3n) is 4.58. The molecule has 1 aliphatic heterocycles. The van der Waals surface area contributed by atoms with Crippen molar-refractivity contribution in [3.05, 3.63) is 53.3 Å². The van der Waals surface area contributed by atoms with Gasteiger partial charge in [-0.1, -0.05) is 18.2 Å². The predicted molar refractivity (Wildman–Crippen MR) is 95.9 cm³/mol. The largest absolute Gasteiger partial charge is 0.337 e. The van der Waals surface area contributed by atoms with Crippen molar-refractivity contribution in [2.24, 2.45) is 0 Å². The van der Waals surface area contributed by atoms with E-state index < -0.39 is 0 Å². The third kappa shape index (κ3) is 3.28. The van der Waals surface area contributed by atoms with Crippen LogP contribution in [0.3, 0.4) is 0 Å². The number of halogens is 1. The molecule has 1 fully saturated rings. The van der Waals surface area contributed by atoms with Gasteiger partial charge in [0.05, 0.1) is 5.56 Å². The van der Waals surface area contributed by atoms with Crippen LogP contribution in [0.4, 0.5) is 0 Å². The van der Waals surface area contributed by atoms with Gasteiger partial charge in [0.1, 0.15) is 0 Å². The van der Waals surface area contributed by atoms with Gasteiger partial charge < -0.3 is 14.8 Å². The molecule has 1 aliphatic rings. The van der Waals surface area contributed by atoms with Crippen LogP contribution in [0, 0.1) is 13.8 Å². The second-order valence-electron chi connectivity index (χ2n) is 6.02. The van der Waals surface area contributed by atoms with E-state index in [1.807, 2.05) is 50.1 Å². The van der Waals surface area contributed by atoms with E-state index in [1.54, 1.807) is 0 Å². The summed E-state index contributed by atoms with van der Waals surface area (Å²) >= 11 is 0. The van der Waals surface area contributed by atoms with Crippen molar-refractivity contribution >= 4 is 18.3 Å². The van der Waals surface area contributed by atoms with E-state index in [0.29, 0.717) is 6.04 Å². The highest BCUT2D eigenvalue weighted by Gasteiger charge is 2.26. The summed E-state index contributed by atoms with van der Waals surface area (Å²) in [4.78, 5) is 14.7. The number of aromatic nitrogens is 1. The summed E-state index contributed by atoms with van der Waals surface area (Å²) < 4.78 is 2.15. The molecule has 1 N–H and O–H groups in total. The van der Waals surface area contributed by atoms with Crippen LogP contribution in [0.2, 0.25) is 0 Å². The topological polar surface area (TPSA) is 37.3 Å². The summed E-state index contributed by atoms with van der Waals surface area (Å²) in [6.45, 7) is 5.95. The predicted octanol–water partition coefficient (Wildman–Crippen LogP) is 2.95. The van der Waals surface area contributed by atoms with Crippen LogP contribution in [0.15, 0.2) is 36.4 Å². The Balaban J connectivity index is 0.00000192. The molecule has 4 nitrogen and oxygen atoms in total. The molecule has 1 aromatic heterocycles. The summed E-state index contributed by atoms with van der Waals surface area (Å²) in [7, 11) is 1.91. The summed E-state index contributed by atoms with van der Waals surface area (Å²) in [5.74, 6) is 0.115. The lowest BCUT2D eigenvalue weighted by molar-refractivity contribution is 0.0743. The van der Waals surface area contributed by atoms with Crippen molar-refractivity contribution in [3.8, 4) is 5.69 Å². The first-order valence-corrected chi connectivity index (χ1v) is 7.82. The highest BCUT2D eigenvalue weighted by Crippen LogP contribution is 2.22. The van der Waals surface area contributed by atoms with Crippen molar-refractivity contribution < 1.29 is 4.79 Å². The van der Waals surface area contributed by atoms with Gasteiger partial charge in [-0.2, -0.15) is 0 Å². The highest BCUT2D eigenvalue weighted by molar-refractivity contribution is 5.96. The van der Waals surface area contributed by atoms with Crippen LogP contribution >= 0.6 is 12.4 Å². The minimum atomic E-state index is 0. The fourth-order valence-electron chi connectivity index (χ4n) is 3.28. The van der Waals surface area contributed by atoms with Crippen LogP contribution in [0.25, 0.3) is 5.69 Å². The van der Waals surface area contributed by atoms with Crippen molar-refractivity contribution in [1.29, 1.82) is 0 Å². The first-order chi connectivity index (χ1) is 10.6. The molecule has 0 spiro atoms. The molecule has 1 amide bonds. The van der Waals surface area contributed by atoms with Gasteiger partial charge in [-0.25, -0.2) is 0 Å². The second kappa shape index (κ2) is 7.20. The molecule has 23 heavy (non-hydrogen) atoms. The van der Waals surface area contributed by atoms with Crippen molar-refractivity contribution in [2.75, 3.05) is 20.1 Å². The summed E-state index contributed by atoms with van der Waals surface area (Å²) in [5.41, 5.74) is 3.99. The van der Waals surface area contributed by atoms with E-state index in [4.69, 9.17) is 0 Å². The van der Waals surface area contributed by atoms with E-state index in [0.717, 1.165) is 42.1 Å². The smallest absolute Gasteiger partial charge is 0.255 e. The molecule has 1 saturated heterocycles. The molecule has 1 aromatic carbocycles.